The fraction of sp³-hybridized carbons (Fsp3) is 0.389. The lowest BCUT2D eigenvalue weighted by atomic mass is 9.90. The van der Waals surface area contributed by atoms with Gasteiger partial charge < -0.3 is 10.0 Å². The summed E-state index contributed by atoms with van der Waals surface area (Å²) in [5.41, 5.74) is 2.08. The number of fused-ring (bicyclic) bond motifs is 1. The summed E-state index contributed by atoms with van der Waals surface area (Å²) in [5, 5.41) is 10.2. The zero-order valence-electron chi connectivity index (χ0n) is 13.3. The molecule has 2 aromatic rings. The second-order valence-electron chi connectivity index (χ2n) is 6.42. The number of aliphatic carboxylic acids is 1. The van der Waals surface area contributed by atoms with E-state index in [1.165, 1.54) is 0 Å². The summed E-state index contributed by atoms with van der Waals surface area (Å²) in [5.74, 6) is -1.28. The van der Waals surface area contributed by atoms with Crippen molar-refractivity contribution < 1.29 is 14.7 Å². The van der Waals surface area contributed by atoms with E-state index in [4.69, 9.17) is 0 Å². The molecule has 1 amide bonds. The molecule has 0 aliphatic carbocycles. The Morgan fingerprint density at radius 2 is 2.00 bits per heavy atom. The third-order valence-electron chi connectivity index (χ3n) is 4.39. The number of carbonyl (C=O) groups is 2. The van der Waals surface area contributed by atoms with Crippen molar-refractivity contribution in [1.82, 2.24) is 9.88 Å². The van der Waals surface area contributed by atoms with Crippen LogP contribution in [0.25, 0.3) is 10.9 Å². The van der Waals surface area contributed by atoms with Gasteiger partial charge in [-0.1, -0.05) is 25.1 Å². The van der Waals surface area contributed by atoms with E-state index in [0.717, 1.165) is 11.1 Å². The van der Waals surface area contributed by atoms with E-state index in [0.29, 0.717) is 24.0 Å². The van der Waals surface area contributed by atoms with Crippen LogP contribution in [0.4, 0.5) is 0 Å². The van der Waals surface area contributed by atoms with Crippen LogP contribution in [-0.2, 0) is 4.79 Å². The smallest absolute Gasteiger partial charge is 0.308 e. The lowest BCUT2D eigenvalue weighted by Gasteiger charge is -2.34. The van der Waals surface area contributed by atoms with Gasteiger partial charge in [0.1, 0.15) is 0 Å². The lowest BCUT2D eigenvalue weighted by Crippen LogP contribution is -2.45. The molecule has 0 saturated carbocycles. The Labute approximate surface area is 134 Å². The van der Waals surface area contributed by atoms with Crippen molar-refractivity contribution in [3.8, 4) is 0 Å². The first-order valence-electron chi connectivity index (χ1n) is 7.84. The largest absolute Gasteiger partial charge is 0.481 e. The van der Waals surface area contributed by atoms with Crippen LogP contribution in [-0.4, -0.2) is 40.0 Å². The number of rotatable bonds is 2. The Morgan fingerprint density at radius 1 is 1.22 bits per heavy atom. The van der Waals surface area contributed by atoms with Gasteiger partial charge >= 0.3 is 5.97 Å². The van der Waals surface area contributed by atoms with Crippen molar-refractivity contribution in [3.63, 3.8) is 0 Å². The number of nitrogens with zero attached hydrogens (tertiary/aromatic N) is 2. The SMILES string of the molecule is Cc1ccc2cccc(C(=O)N3CC(C)CC(C(=O)O)C3)c2n1. The quantitative estimate of drug-likeness (QED) is 0.925. The second kappa shape index (κ2) is 5.99. The summed E-state index contributed by atoms with van der Waals surface area (Å²) >= 11 is 0. The molecule has 1 aliphatic heterocycles. The van der Waals surface area contributed by atoms with E-state index >= 15 is 0 Å². The summed E-state index contributed by atoms with van der Waals surface area (Å²) in [6, 6.07) is 9.41. The monoisotopic (exact) mass is 312 g/mol. The van der Waals surface area contributed by atoms with Crippen LogP contribution >= 0.6 is 0 Å². The van der Waals surface area contributed by atoms with Gasteiger partial charge in [-0.15, -0.1) is 0 Å². The Bertz CT molecular complexity index is 772. The van der Waals surface area contributed by atoms with Crippen molar-refractivity contribution in [1.29, 1.82) is 0 Å². The Kier molecular flexibility index (Phi) is 4.03. The fourth-order valence-corrected chi connectivity index (χ4v) is 3.28. The molecule has 0 radical (unpaired) electrons. The minimum Gasteiger partial charge on any atom is -0.481 e. The van der Waals surface area contributed by atoms with Crippen LogP contribution in [0, 0.1) is 18.8 Å². The van der Waals surface area contributed by atoms with E-state index in [-0.39, 0.29) is 18.4 Å². The molecule has 120 valence electrons. The molecule has 2 unspecified atom stereocenters. The van der Waals surface area contributed by atoms with Gasteiger partial charge in [0.2, 0.25) is 0 Å². The highest BCUT2D eigenvalue weighted by Crippen LogP contribution is 2.25. The van der Waals surface area contributed by atoms with Crippen LogP contribution in [0.15, 0.2) is 30.3 Å². The van der Waals surface area contributed by atoms with Gasteiger partial charge in [-0.05, 0) is 31.4 Å². The average Bonchev–Trinajstić information content (AvgIpc) is 2.53. The van der Waals surface area contributed by atoms with Crippen molar-refractivity contribution in [2.24, 2.45) is 11.8 Å². The number of piperidine rings is 1. The van der Waals surface area contributed by atoms with Gasteiger partial charge in [0.05, 0.1) is 17.0 Å². The summed E-state index contributed by atoms with van der Waals surface area (Å²) in [6.45, 7) is 4.73. The number of para-hydroxylation sites is 1. The molecule has 5 heteroatoms. The van der Waals surface area contributed by atoms with Crippen LogP contribution in [0.5, 0.6) is 0 Å². The molecule has 0 spiro atoms. The molecular formula is C18H20N2O3. The van der Waals surface area contributed by atoms with Crippen molar-refractivity contribution >= 4 is 22.8 Å². The van der Waals surface area contributed by atoms with Gasteiger partial charge in [0.15, 0.2) is 0 Å². The van der Waals surface area contributed by atoms with Crippen LogP contribution in [0.1, 0.15) is 29.4 Å². The molecule has 1 fully saturated rings. The van der Waals surface area contributed by atoms with E-state index in [9.17, 15) is 14.7 Å². The first-order chi connectivity index (χ1) is 11.0. The fourth-order valence-electron chi connectivity index (χ4n) is 3.28. The minimum atomic E-state index is -0.832. The van der Waals surface area contributed by atoms with Crippen LogP contribution < -0.4 is 0 Å². The highest BCUT2D eigenvalue weighted by molar-refractivity contribution is 6.05. The summed E-state index contributed by atoms with van der Waals surface area (Å²) in [6.07, 6.45) is 0.617. The summed E-state index contributed by atoms with van der Waals surface area (Å²) in [4.78, 5) is 30.4. The number of aromatic nitrogens is 1. The molecule has 2 atom stereocenters. The number of amides is 1. The maximum atomic E-state index is 12.9. The molecular weight excluding hydrogens is 292 g/mol. The molecule has 1 N–H and O–H groups in total. The number of carboxylic acids is 1. The Morgan fingerprint density at radius 3 is 2.74 bits per heavy atom. The number of carbonyl (C=O) groups excluding carboxylic acids is 1. The number of pyridine rings is 1. The first kappa shape index (κ1) is 15.5. The van der Waals surface area contributed by atoms with E-state index in [2.05, 4.69) is 4.98 Å². The maximum Gasteiger partial charge on any atom is 0.308 e. The van der Waals surface area contributed by atoms with E-state index < -0.39 is 11.9 Å². The molecule has 1 aromatic carbocycles. The minimum absolute atomic E-state index is 0.133. The number of benzene rings is 1. The van der Waals surface area contributed by atoms with Crippen molar-refractivity contribution in [3.05, 3.63) is 41.6 Å². The molecule has 23 heavy (non-hydrogen) atoms. The van der Waals surface area contributed by atoms with Gasteiger partial charge in [-0.3, -0.25) is 14.6 Å². The molecule has 1 saturated heterocycles. The zero-order chi connectivity index (χ0) is 16.6. The Hall–Kier alpha value is -2.43. The number of likely N-dealkylation sites (tertiary alicyclic amines) is 1. The highest BCUT2D eigenvalue weighted by Gasteiger charge is 2.32. The zero-order valence-corrected chi connectivity index (χ0v) is 13.3. The van der Waals surface area contributed by atoms with Crippen molar-refractivity contribution in [2.45, 2.75) is 20.3 Å². The van der Waals surface area contributed by atoms with E-state index in [1.54, 1.807) is 11.0 Å². The van der Waals surface area contributed by atoms with E-state index in [1.807, 2.05) is 38.1 Å². The van der Waals surface area contributed by atoms with Gasteiger partial charge in [0.25, 0.3) is 5.91 Å². The Balaban J connectivity index is 1.97. The highest BCUT2D eigenvalue weighted by atomic mass is 16.4. The standard InChI is InChI=1S/C18H20N2O3/c1-11-8-14(18(22)23)10-20(9-11)17(21)15-5-3-4-13-7-6-12(2)19-16(13)15/h3-7,11,14H,8-10H2,1-2H3,(H,22,23). The topological polar surface area (TPSA) is 70.5 Å². The van der Waals surface area contributed by atoms with Crippen LogP contribution in [0.3, 0.4) is 0 Å². The maximum absolute atomic E-state index is 12.9. The summed E-state index contributed by atoms with van der Waals surface area (Å²) in [7, 11) is 0. The molecule has 0 bridgehead atoms. The lowest BCUT2D eigenvalue weighted by molar-refractivity contribution is -0.143. The molecule has 1 aliphatic rings. The van der Waals surface area contributed by atoms with Crippen molar-refractivity contribution in [2.75, 3.05) is 13.1 Å². The number of hydrogen-bond donors (Lipinski definition) is 1. The summed E-state index contributed by atoms with van der Waals surface area (Å²) < 4.78 is 0. The molecule has 5 nitrogen and oxygen atoms in total. The molecule has 2 heterocycles. The molecule has 1 aromatic heterocycles. The predicted molar refractivity (Wildman–Crippen MR) is 87.3 cm³/mol. The van der Waals surface area contributed by atoms with Gasteiger partial charge in [-0.2, -0.15) is 0 Å². The average molecular weight is 312 g/mol. The number of aryl methyl sites for hydroxylation is 1. The molecule has 3 rings (SSSR count). The number of carboxylic acid groups (broad SMARTS) is 1. The predicted octanol–water partition coefficient (Wildman–Crippen LogP) is 2.73. The third-order valence-corrected chi connectivity index (χ3v) is 4.39. The van der Waals surface area contributed by atoms with Gasteiger partial charge in [0, 0.05) is 24.2 Å². The third kappa shape index (κ3) is 3.04. The first-order valence-corrected chi connectivity index (χ1v) is 7.84. The normalized spacial score (nSPS) is 21.4. The second-order valence-corrected chi connectivity index (χ2v) is 6.42. The number of hydrogen-bond acceptors (Lipinski definition) is 3. The van der Waals surface area contributed by atoms with Crippen LogP contribution in [0.2, 0.25) is 0 Å². The van der Waals surface area contributed by atoms with Gasteiger partial charge in [-0.25, -0.2) is 0 Å².